The molecule has 6 heteroatoms. The summed E-state index contributed by atoms with van der Waals surface area (Å²) in [5, 5.41) is 11.4. The third-order valence-electron chi connectivity index (χ3n) is 3.32. The van der Waals surface area contributed by atoms with Gasteiger partial charge >= 0.3 is 5.97 Å². The van der Waals surface area contributed by atoms with Crippen molar-refractivity contribution in [1.29, 1.82) is 0 Å². The fraction of sp³-hybridized carbons (Fsp3) is 0.769. The van der Waals surface area contributed by atoms with Crippen molar-refractivity contribution >= 4 is 17.8 Å². The minimum Gasteiger partial charge on any atom is -0.481 e. The first-order valence-electron chi connectivity index (χ1n) is 6.81. The molecular formula is C13H22N2O4. The van der Waals surface area contributed by atoms with Crippen LogP contribution in [0.4, 0.5) is 0 Å². The van der Waals surface area contributed by atoms with Gasteiger partial charge in [-0.1, -0.05) is 6.92 Å². The van der Waals surface area contributed by atoms with Crippen LogP contribution in [-0.2, 0) is 14.4 Å². The third kappa shape index (κ3) is 5.72. The summed E-state index contributed by atoms with van der Waals surface area (Å²) < 4.78 is 0. The van der Waals surface area contributed by atoms with Gasteiger partial charge in [0, 0.05) is 38.4 Å². The maximum absolute atomic E-state index is 11.8. The molecule has 0 spiro atoms. The summed E-state index contributed by atoms with van der Waals surface area (Å²) in [5.41, 5.74) is 0. The lowest BCUT2D eigenvalue weighted by molar-refractivity contribution is -0.137. The molecule has 0 unspecified atom stereocenters. The zero-order valence-corrected chi connectivity index (χ0v) is 11.4. The lowest BCUT2D eigenvalue weighted by Gasteiger charge is -2.32. The second kappa shape index (κ2) is 7.76. The number of likely N-dealkylation sites (tertiary alicyclic amines) is 1. The highest BCUT2D eigenvalue weighted by atomic mass is 16.4. The van der Waals surface area contributed by atoms with Gasteiger partial charge in [0.1, 0.15) is 0 Å². The fourth-order valence-corrected chi connectivity index (χ4v) is 2.15. The lowest BCUT2D eigenvalue weighted by atomic mass is 10.0. The topological polar surface area (TPSA) is 86.7 Å². The van der Waals surface area contributed by atoms with E-state index < -0.39 is 5.97 Å². The smallest absolute Gasteiger partial charge is 0.303 e. The molecule has 0 aromatic rings. The highest BCUT2D eigenvalue weighted by molar-refractivity contribution is 5.77. The number of nitrogens with zero attached hydrogens (tertiary/aromatic N) is 1. The Bertz CT molecular complexity index is 336. The van der Waals surface area contributed by atoms with Crippen molar-refractivity contribution < 1.29 is 19.5 Å². The van der Waals surface area contributed by atoms with Crippen LogP contribution < -0.4 is 5.32 Å². The van der Waals surface area contributed by atoms with Crippen LogP contribution in [0.25, 0.3) is 0 Å². The molecule has 1 saturated heterocycles. The number of carbonyl (C=O) groups excluding carboxylic acids is 2. The van der Waals surface area contributed by atoms with Crippen LogP contribution in [0, 0.1) is 0 Å². The van der Waals surface area contributed by atoms with Gasteiger partial charge in [0.15, 0.2) is 0 Å². The molecule has 19 heavy (non-hydrogen) atoms. The average Bonchev–Trinajstić information content (AvgIpc) is 2.38. The summed E-state index contributed by atoms with van der Waals surface area (Å²) in [4.78, 5) is 35.2. The minimum absolute atomic E-state index is 0.0153. The van der Waals surface area contributed by atoms with E-state index in [-0.39, 0.29) is 30.7 Å². The summed E-state index contributed by atoms with van der Waals surface area (Å²) in [7, 11) is 0. The standard InChI is InChI=1S/C13H22N2O4/c1-2-11(16)14-10-6-8-15(9-7-10)12(17)4-3-5-13(18)19/h10H,2-9H2,1H3,(H,14,16)(H,18,19). The molecule has 1 aliphatic heterocycles. The van der Waals surface area contributed by atoms with E-state index in [0.29, 0.717) is 25.9 Å². The largest absolute Gasteiger partial charge is 0.481 e. The Morgan fingerprint density at radius 1 is 1.21 bits per heavy atom. The number of amides is 2. The molecule has 108 valence electrons. The number of rotatable bonds is 6. The van der Waals surface area contributed by atoms with Crippen molar-refractivity contribution in [2.75, 3.05) is 13.1 Å². The van der Waals surface area contributed by atoms with Gasteiger partial charge in [-0.3, -0.25) is 14.4 Å². The molecule has 2 N–H and O–H groups in total. The van der Waals surface area contributed by atoms with Gasteiger partial charge in [-0.2, -0.15) is 0 Å². The third-order valence-corrected chi connectivity index (χ3v) is 3.32. The first-order chi connectivity index (χ1) is 9.02. The predicted octanol–water partition coefficient (Wildman–Crippen LogP) is 0.758. The zero-order chi connectivity index (χ0) is 14.3. The molecule has 0 aromatic carbocycles. The summed E-state index contributed by atoms with van der Waals surface area (Å²) in [5.74, 6) is -0.804. The summed E-state index contributed by atoms with van der Waals surface area (Å²) in [6.07, 6.45) is 2.74. The molecular weight excluding hydrogens is 248 g/mol. The number of hydrogen-bond acceptors (Lipinski definition) is 3. The van der Waals surface area contributed by atoms with E-state index in [2.05, 4.69) is 5.32 Å². The SMILES string of the molecule is CCC(=O)NC1CCN(C(=O)CCCC(=O)O)CC1. The van der Waals surface area contributed by atoms with Crippen molar-refractivity contribution in [3.05, 3.63) is 0 Å². The maximum atomic E-state index is 11.8. The second-order valence-corrected chi connectivity index (χ2v) is 4.82. The fourth-order valence-electron chi connectivity index (χ4n) is 2.15. The first kappa shape index (κ1) is 15.5. The molecule has 1 heterocycles. The maximum Gasteiger partial charge on any atom is 0.303 e. The second-order valence-electron chi connectivity index (χ2n) is 4.82. The summed E-state index contributed by atoms with van der Waals surface area (Å²) >= 11 is 0. The molecule has 1 aliphatic rings. The number of piperidine rings is 1. The molecule has 0 aromatic heterocycles. The number of carboxylic acids is 1. The van der Waals surface area contributed by atoms with Crippen LogP contribution in [0.15, 0.2) is 0 Å². The van der Waals surface area contributed by atoms with Crippen molar-refractivity contribution in [1.82, 2.24) is 10.2 Å². The Balaban J connectivity index is 2.23. The zero-order valence-electron chi connectivity index (χ0n) is 11.4. The van der Waals surface area contributed by atoms with Crippen molar-refractivity contribution in [3.8, 4) is 0 Å². The van der Waals surface area contributed by atoms with Gasteiger partial charge in [-0.15, -0.1) is 0 Å². The first-order valence-corrected chi connectivity index (χ1v) is 6.81. The molecule has 1 fully saturated rings. The van der Waals surface area contributed by atoms with E-state index in [1.54, 1.807) is 4.90 Å². The lowest BCUT2D eigenvalue weighted by Crippen LogP contribution is -2.46. The molecule has 0 radical (unpaired) electrons. The van der Waals surface area contributed by atoms with Crippen molar-refractivity contribution in [2.45, 2.75) is 51.5 Å². The monoisotopic (exact) mass is 270 g/mol. The Morgan fingerprint density at radius 3 is 2.37 bits per heavy atom. The van der Waals surface area contributed by atoms with Gasteiger partial charge in [-0.05, 0) is 19.3 Å². The number of carbonyl (C=O) groups is 3. The highest BCUT2D eigenvalue weighted by Crippen LogP contribution is 2.12. The molecule has 0 saturated carbocycles. The minimum atomic E-state index is -0.867. The Kier molecular flexibility index (Phi) is 6.32. The van der Waals surface area contributed by atoms with E-state index >= 15 is 0 Å². The Labute approximate surface area is 113 Å². The Hall–Kier alpha value is -1.59. The van der Waals surface area contributed by atoms with Gasteiger partial charge in [0.25, 0.3) is 0 Å². The van der Waals surface area contributed by atoms with Crippen LogP contribution in [0.2, 0.25) is 0 Å². The van der Waals surface area contributed by atoms with Gasteiger partial charge in [-0.25, -0.2) is 0 Å². The van der Waals surface area contributed by atoms with E-state index in [9.17, 15) is 14.4 Å². The van der Waals surface area contributed by atoms with Crippen molar-refractivity contribution in [2.24, 2.45) is 0 Å². The van der Waals surface area contributed by atoms with Gasteiger partial charge in [0.05, 0.1) is 0 Å². The Morgan fingerprint density at radius 2 is 1.84 bits per heavy atom. The molecule has 0 aliphatic carbocycles. The normalized spacial score (nSPS) is 16.2. The van der Waals surface area contributed by atoms with E-state index in [1.807, 2.05) is 6.92 Å². The molecule has 0 atom stereocenters. The number of nitrogens with one attached hydrogen (secondary N) is 1. The molecule has 2 amide bonds. The summed E-state index contributed by atoms with van der Waals surface area (Å²) in [6, 6.07) is 0.163. The summed E-state index contributed by atoms with van der Waals surface area (Å²) in [6.45, 7) is 3.09. The van der Waals surface area contributed by atoms with Crippen LogP contribution in [0.5, 0.6) is 0 Å². The van der Waals surface area contributed by atoms with Crippen LogP contribution in [0.1, 0.15) is 45.4 Å². The number of hydrogen-bond donors (Lipinski definition) is 2. The average molecular weight is 270 g/mol. The van der Waals surface area contributed by atoms with Crippen LogP contribution in [-0.4, -0.2) is 46.9 Å². The van der Waals surface area contributed by atoms with E-state index in [1.165, 1.54) is 0 Å². The molecule has 1 rings (SSSR count). The van der Waals surface area contributed by atoms with Crippen LogP contribution >= 0.6 is 0 Å². The van der Waals surface area contributed by atoms with E-state index in [4.69, 9.17) is 5.11 Å². The van der Waals surface area contributed by atoms with Gasteiger partial charge in [0.2, 0.25) is 11.8 Å². The number of carboxylic acid groups (broad SMARTS) is 1. The molecule has 6 nitrogen and oxygen atoms in total. The van der Waals surface area contributed by atoms with Gasteiger partial charge < -0.3 is 15.3 Å². The molecule has 0 bridgehead atoms. The highest BCUT2D eigenvalue weighted by Gasteiger charge is 2.23. The quantitative estimate of drug-likeness (QED) is 0.746. The number of aliphatic carboxylic acids is 1. The predicted molar refractivity (Wildman–Crippen MR) is 69.5 cm³/mol. The van der Waals surface area contributed by atoms with Crippen molar-refractivity contribution in [3.63, 3.8) is 0 Å². The van der Waals surface area contributed by atoms with Crippen LogP contribution in [0.3, 0.4) is 0 Å². The van der Waals surface area contributed by atoms with E-state index in [0.717, 1.165) is 12.8 Å².